The summed E-state index contributed by atoms with van der Waals surface area (Å²) in [6.07, 6.45) is -69.6. The minimum atomic E-state index is -2.50. The molecule has 38 heteroatoms. The van der Waals surface area contributed by atoms with Crippen LogP contribution in [0.3, 0.4) is 0 Å². The Balaban J connectivity index is 1.31. The van der Waals surface area contributed by atoms with Crippen molar-refractivity contribution in [2.24, 2.45) is 0 Å². The molecule has 0 aliphatic carbocycles. The van der Waals surface area contributed by atoms with Crippen molar-refractivity contribution < 1.29 is 178 Å². The van der Waals surface area contributed by atoms with E-state index in [1.807, 2.05) is 0 Å². The second-order valence-electron chi connectivity index (χ2n) is 21.1. The van der Waals surface area contributed by atoms with Gasteiger partial charge in [0.1, 0.15) is 159 Å². The van der Waals surface area contributed by atoms with Crippen molar-refractivity contribution in [2.75, 3.05) is 33.0 Å². The van der Waals surface area contributed by atoms with Crippen LogP contribution >= 0.6 is 0 Å². The third-order valence-corrected chi connectivity index (χ3v) is 15.3. The van der Waals surface area contributed by atoms with Crippen LogP contribution < -0.4 is 10.6 Å². The zero-order valence-corrected chi connectivity index (χ0v) is 44.7. The molecule has 0 aromatic heterocycles. The summed E-state index contributed by atoms with van der Waals surface area (Å²) in [4.78, 5) is 36.7. The first-order valence-electron chi connectivity index (χ1n) is 26.5. The summed E-state index contributed by atoms with van der Waals surface area (Å²) in [5.41, 5.74) is 0. The normalized spacial score (nSPS) is 50.3. The highest BCUT2D eigenvalue weighted by Gasteiger charge is 2.61. The van der Waals surface area contributed by atoms with E-state index in [1.165, 1.54) is 6.92 Å². The summed E-state index contributed by atoms with van der Waals surface area (Å²) < 4.78 is 76.3. The number of aliphatic hydroxyl groups is 19. The molecular formula is C46H76N2O36. The quantitative estimate of drug-likeness (QED) is 0.0538. The molecule has 7 aliphatic heterocycles. The van der Waals surface area contributed by atoms with E-state index in [0.29, 0.717) is 0 Å². The molecule has 0 radical (unpaired) electrons. The third-order valence-electron chi connectivity index (χ3n) is 15.3. The zero-order chi connectivity index (χ0) is 62.1. The molecule has 22 N–H and O–H groups in total. The van der Waals surface area contributed by atoms with Gasteiger partial charge >= 0.3 is 5.97 Å². The van der Waals surface area contributed by atoms with Gasteiger partial charge in [0, 0.05) is 13.8 Å². The van der Waals surface area contributed by atoms with E-state index in [1.54, 1.807) is 0 Å². The molecule has 0 unspecified atom stereocenters. The van der Waals surface area contributed by atoms with Gasteiger partial charge in [0.05, 0.1) is 39.1 Å². The summed E-state index contributed by atoms with van der Waals surface area (Å²) in [7, 11) is 0. The van der Waals surface area contributed by atoms with E-state index in [2.05, 4.69) is 10.6 Å². The summed E-state index contributed by atoms with van der Waals surface area (Å²) in [6.45, 7) is -2.32. The van der Waals surface area contributed by atoms with Gasteiger partial charge in [0.2, 0.25) is 11.8 Å². The number of aliphatic hydroxyl groups excluding tert-OH is 19. The molecule has 38 nitrogen and oxygen atoms in total. The highest BCUT2D eigenvalue weighted by molar-refractivity contribution is 5.74. The number of nitrogens with one attached hydrogen (secondary N) is 2. The number of amides is 2. The van der Waals surface area contributed by atoms with E-state index >= 15 is 0 Å². The van der Waals surface area contributed by atoms with Crippen LogP contribution in [-0.2, 0) is 76.0 Å². The van der Waals surface area contributed by atoms with Crippen molar-refractivity contribution in [1.82, 2.24) is 10.6 Å². The Kier molecular flexibility index (Phi) is 23.8. The lowest BCUT2D eigenvalue weighted by Gasteiger charge is -2.53. The first-order chi connectivity index (χ1) is 39.6. The van der Waals surface area contributed by atoms with Gasteiger partial charge in [-0.3, -0.25) is 9.59 Å². The fourth-order valence-corrected chi connectivity index (χ4v) is 10.7. The summed E-state index contributed by atoms with van der Waals surface area (Å²) in [6, 6.07) is -3.44. The smallest absolute Gasteiger partial charge is 0.335 e. The topological polar surface area (TPSA) is 600 Å². The van der Waals surface area contributed by atoms with Gasteiger partial charge in [-0.15, -0.1) is 0 Å². The maximum Gasteiger partial charge on any atom is 0.335 e. The summed E-state index contributed by atoms with van der Waals surface area (Å²) in [5.74, 6) is -3.54. The first-order valence-corrected chi connectivity index (χ1v) is 26.5. The third kappa shape index (κ3) is 14.4. The van der Waals surface area contributed by atoms with Crippen LogP contribution in [0.1, 0.15) is 20.8 Å². The molecule has 7 rings (SSSR count). The summed E-state index contributed by atoms with van der Waals surface area (Å²) in [5, 5.41) is 223. The van der Waals surface area contributed by atoms with Gasteiger partial charge in [-0.1, -0.05) is 0 Å². The maximum absolute atomic E-state index is 12.5. The lowest BCUT2D eigenvalue weighted by Crippen LogP contribution is -2.71. The SMILES string of the molecule is CC(=O)N[C@@H]1[C@@H](O[C@@H]2O[C@H](CO)[C@H](O[C@@H]3O[C@H](CO)[C@H](O[C@H]4O[C@H](CO)[C@H](O)[C@H](O)[C@H]4NC(C)=O)[C@H](O)[C@H]3O)[C@H](O[C@@H]3O[C@H](CO)[C@H](O)[C@H](O[C@@H]4O[C@H](C(=O)O)[C@@H](O)[C@H](O)[C@H]4O)[C@H]3O)[C@H]2O[C@@H]2O[C@@H](C)[C@@H](O)[C@@H](O)[C@@H]2O)[C@@H](O)[C@@H](CO)O[C@@H]1O. The monoisotopic (exact) mass is 1230 g/mol. The Morgan fingerprint density at radius 3 is 1.33 bits per heavy atom. The second kappa shape index (κ2) is 29.2. The molecule has 0 aromatic carbocycles. The Labute approximate surface area is 474 Å². The minimum Gasteiger partial charge on any atom is -0.479 e. The van der Waals surface area contributed by atoms with Gasteiger partial charge in [0.25, 0.3) is 0 Å². The van der Waals surface area contributed by atoms with Crippen LogP contribution in [0.4, 0.5) is 0 Å². The van der Waals surface area contributed by atoms with Gasteiger partial charge in [-0.25, -0.2) is 4.79 Å². The molecule has 0 saturated carbocycles. The van der Waals surface area contributed by atoms with Gasteiger partial charge in [-0.05, 0) is 6.92 Å². The molecule has 7 saturated heterocycles. The average Bonchev–Trinajstić information content (AvgIpc) is 1.21. The molecule has 84 heavy (non-hydrogen) atoms. The van der Waals surface area contributed by atoms with Crippen molar-refractivity contribution in [3.05, 3.63) is 0 Å². The average molecular weight is 1230 g/mol. The van der Waals surface area contributed by atoms with Crippen LogP contribution in [0.15, 0.2) is 0 Å². The standard InChI is InChI=1S/C46H76N2O36/c1-9-19(56)24(61)28(65)42(72-9)84-38-37(83-45-31(68)35(22(59)14(6-51)75-45)81-44-29(66)25(62)26(63)36(82-44)39(69)70)33(16(8-53)77-46(38)80-34-18(48-11(3)55)40(71)73-13(5-50)21(34)58)79-43-30(67)27(64)32(15(7-52)76-43)78-41-17(47-10(2)54)23(60)20(57)12(4-49)74-41/h9,12-38,40-46,49-53,56-68,71H,4-8H2,1-3H3,(H,47,54)(H,48,55)(H,69,70)/t9-,12+,13+,14+,15+,16+,17+,18+,19+,20-,21-,22-,23+,24+,25-,26-,27+,28-,29+,30+,31+,32-,33-,34+,35-,36-,37-,38+,40-,41+,42-,43-,44+,45-,46-/m0/s1. The van der Waals surface area contributed by atoms with Crippen LogP contribution in [0, 0.1) is 0 Å². The van der Waals surface area contributed by atoms with Crippen LogP contribution in [0.25, 0.3) is 0 Å². The van der Waals surface area contributed by atoms with E-state index in [-0.39, 0.29) is 0 Å². The fourth-order valence-electron chi connectivity index (χ4n) is 10.7. The number of aliphatic carboxylic acids is 1. The lowest BCUT2D eigenvalue weighted by atomic mass is 9.93. The highest BCUT2D eigenvalue weighted by Crippen LogP contribution is 2.40. The van der Waals surface area contributed by atoms with Crippen molar-refractivity contribution >= 4 is 17.8 Å². The molecule has 2 amide bonds. The molecular weight excluding hydrogens is 1160 g/mol. The first kappa shape index (κ1) is 68.6. The number of carbonyl (C=O) groups is 3. The molecule has 7 fully saturated rings. The van der Waals surface area contributed by atoms with Crippen LogP contribution in [-0.4, -0.2) is 368 Å². The molecule has 486 valence electrons. The second-order valence-corrected chi connectivity index (χ2v) is 21.1. The van der Waals surface area contributed by atoms with Gasteiger partial charge < -0.3 is 174 Å². The van der Waals surface area contributed by atoms with E-state index in [0.717, 1.165) is 13.8 Å². The number of carboxylic acids is 1. The van der Waals surface area contributed by atoms with E-state index < -0.39 is 266 Å². The van der Waals surface area contributed by atoms with E-state index in [9.17, 15) is 117 Å². The summed E-state index contributed by atoms with van der Waals surface area (Å²) >= 11 is 0. The Morgan fingerprint density at radius 1 is 0.345 bits per heavy atom. The van der Waals surface area contributed by atoms with Crippen molar-refractivity contribution in [3.8, 4) is 0 Å². The minimum absolute atomic E-state index is 0.793. The number of carboxylic acid groups (broad SMARTS) is 1. The molecule has 7 aliphatic rings. The number of rotatable bonds is 20. The predicted molar refractivity (Wildman–Crippen MR) is 254 cm³/mol. The Morgan fingerprint density at radius 2 is 0.750 bits per heavy atom. The highest BCUT2D eigenvalue weighted by atomic mass is 16.8. The Bertz CT molecular complexity index is 2130. The lowest BCUT2D eigenvalue weighted by molar-refractivity contribution is -0.420. The van der Waals surface area contributed by atoms with Gasteiger partial charge in [0.15, 0.2) is 50.1 Å². The molecule has 35 atom stereocenters. The Hall–Kier alpha value is -2.87. The van der Waals surface area contributed by atoms with Crippen LogP contribution in [0.5, 0.6) is 0 Å². The zero-order valence-electron chi connectivity index (χ0n) is 44.7. The number of hydrogen-bond acceptors (Lipinski definition) is 35. The van der Waals surface area contributed by atoms with E-state index in [4.69, 9.17) is 61.6 Å². The molecule has 0 bridgehead atoms. The molecule has 7 heterocycles. The molecule has 0 spiro atoms. The van der Waals surface area contributed by atoms with Crippen molar-refractivity contribution in [3.63, 3.8) is 0 Å². The van der Waals surface area contributed by atoms with Gasteiger partial charge in [-0.2, -0.15) is 0 Å². The predicted octanol–water partition coefficient (Wildman–Crippen LogP) is -14.9. The van der Waals surface area contributed by atoms with Crippen molar-refractivity contribution in [1.29, 1.82) is 0 Å². The van der Waals surface area contributed by atoms with Crippen LogP contribution in [0.2, 0.25) is 0 Å². The number of ether oxygens (including phenoxy) is 13. The molecule has 0 aromatic rings. The number of carbonyl (C=O) groups excluding carboxylic acids is 2. The fraction of sp³-hybridized carbons (Fsp3) is 0.935. The van der Waals surface area contributed by atoms with Crippen molar-refractivity contribution in [2.45, 2.75) is 236 Å². The largest absolute Gasteiger partial charge is 0.479 e. The number of hydrogen-bond donors (Lipinski definition) is 22. The maximum atomic E-state index is 12.5.